The normalized spacial score (nSPS) is 18.0. The second kappa shape index (κ2) is 4.75. The van der Waals surface area contributed by atoms with Gasteiger partial charge in [0.15, 0.2) is 0 Å². The van der Waals surface area contributed by atoms with E-state index in [2.05, 4.69) is 22.5 Å². The molecule has 94 valence electrons. The summed E-state index contributed by atoms with van der Waals surface area (Å²) in [6.45, 7) is 0.850. The zero-order valence-corrected chi connectivity index (χ0v) is 11.1. The number of nitrogens with one attached hydrogen (secondary N) is 1. The van der Waals surface area contributed by atoms with E-state index in [4.69, 9.17) is 11.6 Å². The van der Waals surface area contributed by atoms with Gasteiger partial charge in [-0.1, -0.05) is 17.7 Å². The molecule has 4 heteroatoms. The Morgan fingerprint density at radius 1 is 1.44 bits per heavy atom. The Morgan fingerprint density at radius 3 is 3.11 bits per heavy atom. The maximum Gasteiger partial charge on any atom is 0.0518 e. The number of hydrogen-bond donors (Lipinski definition) is 1. The summed E-state index contributed by atoms with van der Waals surface area (Å²) in [5, 5.41) is 8.61. The maximum atomic E-state index is 6.02. The van der Waals surface area contributed by atoms with Crippen LogP contribution in [0.4, 0.5) is 0 Å². The number of aryl methyl sites for hydroxylation is 2. The monoisotopic (exact) mass is 261 g/mol. The summed E-state index contributed by atoms with van der Waals surface area (Å²) in [6.07, 6.45) is 4.09. The lowest BCUT2D eigenvalue weighted by Crippen LogP contribution is -2.20. The first-order chi connectivity index (χ1) is 8.74. The zero-order valence-electron chi connectivity index (χ0n) is 10.4. The largest absolute Gasteiger partial charge is 0.304 e. The van der Waals surface area contributed by atoms with Gasteiger partial charge in [0.2, 0.25) is 0 Å². The highest BCUT2D eigenvalue weighted by Gasteiger charge is 2.22. The van der Waals surface area contributed by atoms with Crippen molar-refractivity contribution in [3.8, 4) is 0 Å². The Labute approximate surface area is 112 Å². The molecule has 3 rings (SSSR count). The smallest absolute Gasteiger partial charge is 0.0518 e. The van der Waals surface area contributed by atoms with Crippen molar-refractivity contribution in [3.05, 3.63) is 52.3 Å². The number of rotatable bonds is 3. The predicted molar refractivity (Wildman–Crippen MR) is 72.6 cm³/mol. The fraction of sp³-hybridized carbons (Fsp3) is 0.357. The number of fused-ring (bicyclic) bond motifs is 1. The molecule has 18 heavy (non-hydrogen) atoms. The minimum Gasteiger partial charge on any atom is -0.304 e. The number of aromatic nitrogens is 2. The Kier molecular flexibility index (Phi) is 3.10. The van der Waals surface area contributed by atoms with Gasteiger partial charge in [-0.2, -0.15) is 5.10 Å². The molecule has 1 heterocycles. The van der Waals surface area contributed by atoms with E-state index in [0.29, 0.717) is 6.04 Å². The Bertz CT molecular complexity index is 562. The van der Waals surface area contributed by atoms with Crippen molar-refractivity contribution in [1.82, 2.24) is 15.1 Å². The molecular formula is C14H16ClN3. The topological polar surface area (TPSA) is 29.9 Å². The van der Waals surface area contributed by atoms with E-state index in [9.17, 15) is 0 Å². The second-order valence-corrected chi connectivity index (χ2v) is 5.20. The molecule has 0 aliphatic heterocycles. The van der Waals surface area contributed by atoms with Gasteiger partial charge >= 0.3 is 0 Å². The first kappa shape index (κ1) is 11.8. The second-order valence-electron chi connectivity index (χ2n) is 4.76. The van der Waals surface area contributed by atoms with Crippen LogP contribution in [0.3, 0.4) is 0 Å². The SMILES string of the molecule is Cn1nccc1CNC1CCc2cc(Cl)ccc21. The molecule has 1 aliphatic carbocycles. The van der Waals surface area contributed by atoms with E-state index in [1.54, 1.807) is 0 Å². The van der Waals surface area contributed by atoms with E-state index in [-0.39, 0.29) is 0 Å². The fourth-order valence-electron chi connectivity index (χ4n) is 2.60. The van der Waals surface area contributed by atoms with Crippen molar-refractivity contribution in [2.45, 2.75) is 25.4 Å². The highest BCUT2D eigenvalue weighted by molar-refractivity contribution is 6.30. The zero-order chi connectivity index (χ0) is 12.5. The minimum atomic E-state index is 0.437. The van der Waals surface area contributed by atoms with Gasteiger partial charge in [0, 0.05) is 30.9 Å². The van der Waals surface area contributed by atoms with Gasteiger partial charge in [-0.3, -0.25) is 4.68 Å². The van der Waals surface area contributed by atoms with E-state index >= 15 is 0 Å². The van der Waals surface area contributed by atoms with Crippen LogP contribution in [0.25, 0.3) is 0 Å². The molecule has 1 aliphatic rings. The Hall–Kier alpha value is -1.32. The number of halogens is 1. The molecule has 1 atom stereocenters. The van der Waals surface area contributed by atoms with E-state index < -0.39 is 0 Å². The van der Waals surface area contributed by atoms with E-state index in [1.165, 1.54) is 16.8 Å². The molecular weight excluding hydrogens is 246 g/mol. The third-order valence-electron chi connectivity index (χ3n) is 3.63. The highest BCUT2D eigenvalue weighted by Crippen LogP contribution is 2.32. The molecule has 0 radical (unpaired) electrons. The lowest BCUT2D eigenvalue weighted by atomic mass is 10.1. The third-order valence-corrected chi connectivity index (χ3v) is 3.87. The van der Waals surface area contributed by atoms with Crippen LogP contribution in [0.5, 0.6) is 0 Å². The van der Waals surface area contributed by atoms with Crippen molar-refractivity contribution in [3.63, 3.8) is 0 Å². The standard InChI is InChI=1S/C14H16ClN3/c1-18-12(6-7-17-18)9-16-14-5-2-10-8-11(15)3-4-13(10)14/h3-4,6-8,14,16H,2,5,9H2,1H3. The molecule has 0 saturated carbocycles. The van der Waals surface area contributed by atoms with Crippen molar-refractivity contribution in [1.29, 1.82) is 0 Å². The van der Waals surface area contributed by atoms with Crippen molar-refractivity contribution >= 4 is 11.6 Å². The van der Waals surface area contributed by atoms with Gasteiger partial charge in [-0.15, -0.1) is 0 Å². The Morgan fingerprint density at radius 2 is 2.33 bits per heavy atom. The summed E-state index contributed by atoms with van der Waals surface area (Å²) in [4.78, 5) is 0. The van der Waals surface area contributed by atoms with Crippen LogP contribution in [-0.2, 0) is 20.0 Å². The average molecular weight is 262 g/mol. The van der Waals surface area contributed by atoms with Crippen LogP contribution >= 0.6 is 11.6 Å². The van der Waals surface area contributed by atoms with Crippen LogP contribution < -0.4 is 5.32 Å². The lowest BCUT2D eigenvalue weighted by molar-refractivity contribution is 0.512. The number of nitrogens with zero attached hydrogens (tertiary/aromatic N) is 2. The molecule has 2 aromatic rings. The predicted octanol–water partition coefficient (Wildman–Crippen LogP) is 2.85. The van der Waals surface area contributed by atoms with Gasteiger partial charge < -0.3 is 5.32 Å². The van der Waals surface area contributed by atoms with Crippen molar-refractivity contribution in [2.75, 3.05) is 0 Å². The molecule has 0 bridgehead atoms. The minimum absolute atomic E-state index is 0.437. The van der Waals surface area contributed by atoms with Crippen molar-refractivity contribution < 1.29 is 0 Å². The molecule has 0 saturated heterocycles. The van der Waals surface area contributed by atoms with Crippen LogP contribution in [0.2, 0.25) is 5.02 Å². The molecule has 3 nitrogen and oxygen atoms in total. The third kappa shape index (κ3) is 2.16. The quantitative estimate of drug-likeness (QED) is 0.921. The summed E-state index contributed by atoms with van der Waals surface area (Å²) < 4.78 is 1.91. The molecule has 1 unspecified atom stereocenters. The summed E-state index contributed by atoms with van der Waals surface area (Å²) in [7, 11) is 1.97. The van der Waals surface area contributed by atoms with Crippen LogP contribution in [0.1, 0.15) is 29.3 Å². The molecule has 0 fully saturated rings. The fourth-order valence-corrected chi connectivity index (χ4v) is 2.80. The van der Waals surface area contributed by atoms with Gasteiger partial charge in [0.1, 0.15) is 0 Å². The van der Waals surface area contributed by atoms with Crippen LogP contribution in [0, 0.1) is 0 Å². The summed E-state index contributed by atoms with van der Waals surface area (Å²) >= 11 is 6.02. The first-order valence-corrected chi connectivity index (χ1v) is 6.60. The van der Waals surface area contributed by atoms with Gasteiger partial charge in [-0.05, 0) is 42.2 Å². The van der Waals surface area contributed by atoms with Gasteiger partial charge in [0.05, 0.1) is 5.69 Å². The molecule has 0 spiro atoms. The first-order valence-electron chi connectivity index (χ1n) is 6.22. The van der Waals surface area contributed by atoms with Gasteiger partial charge in [0.25, 0.3) is 0 Å². The summed E-state index contributed by atoms with van der Waals surface area (Å²) in [6, 6.07) is 8.69. The van der Waals surface area contributed by atoms with Crippen LogP contribution in [0.15, 0.2) is 30.5 Å². The molecule has 1 aromatic heterocycles. The summed E-state index contributed by atoms with van der Waals surface area (Å²) in [5.41, 5.74) is 3.98. The Balaban J connectivity index is 1.71. The van der Waals surface area contributed by atoms with Crippen LogP contribution in [-0.4, -0.2) is 9.78 Å². The summed E-state index contributed by atoms with van der Waals surface area (Å²) in [5.74, 6) is 0. The number of hydrogen-bond acceptors (Lipinski definition) is 2. The number of benzene rings is 1. The average Bonchev–Trinajstić information content (AvgIpc) is 2.93. The molecule has 1 N–H and O–H groups in total. The van der Waals surface area contributed by atoms with E-state index in [1.807, 2.05) is 30.1 Å². The highest BCUT2D eigenvalue weighted by atomic mass is 35.5. The van der Waals surface area contributed by atoms with Crippen molar-refractivity contribution in [2.24, 2.45) is 7.05 Å². The lowest BCUT2D eigenvalue weighted by Gasteiger charge is -2.14. The van der Waals surface area contributed by atoms with Gasteiger partial charge in [-0.25, -0.2) is 0 Å². The van der Waals surface area contributed by atoms with E-state index in [0.717, 1.165) is 24.4 Å². The maximum absolute atomic E-state index is 6.02. The molecule has 1 aromatic carbocycles. The molecule has 0 amide bonds.